The first-order valence-corrected chi connectivity index (χ1v) is 8.69. The smallest absolute Gasteiger partial charge is 0.271 e. The maximum absolute atomic E-state index is 12.1. The van der Waals surface area contributed by atoms with E-state index in [9.17, 15) is 4.79 Å². The highest BCUT2D eigenvalue weighted by molar-refractivity contribution is 7.99. The summed E-state index contributed by atoms with van der Waals surface area (Å²) < 4.78 is 0. The third kappa shape index (κ3) is 5.08. The minimum absolute atomic E-state index is 0. The molecule has 1 unspecified atom stereocenters. The standard InChI is InChI=1S/C16H17ClN4OS.ClH/c17-12-5-1-2-6-14(12)23-15-8-7-13(20-21-15)16(22)19-10-11-4-3-9-18-11;/h1-2,5-8,11,18H,3-4,9-10H2,(H,19,22);1H. The molecular formula is C16H18Cl2N4OS. The van der Waals surface area contributed by atoms with Crippen molar-refractivity contribution in [2.45, 2.75) is 28.8 Å². The molecule has 1 saturated heterocycles. The van der Waals surface area contributed by atoms with Gasteiger partial charge in [0.05, 0.1) is 5.02 Å². The van der Waals surface area contributed by atoms with Crippen molar-refractivity contribution in [3.63, 3.8) is 0 Å². The molecular weight excluding hydrogens is 367 g/mol. The Bertz CT molecular complexity index is 678. The Hall–Kier alpha value is -1.34. The van der Waals surface area contributed by atoms with Gasteiger partial charge in [-0.25, -0.2) is 0 Å². The van der Waals surface area contributed by atoms with Gasteiger partial charge in [0.1, 0.15) is 5.03 Å². The second-order valence-corrected chi connectivity index (χ2v) is 6.76. The number of carbonyl (C=O) groups excluding carboxylic acids is 1. The fourth-order valence-electron chi connectivity index (χ4n) is 2.37. The Morgan fingerprint density at radius 1 is 1.29 bits per heavy atom. The Labute approximate surface area is 156 Å². The SMILES string of the molecule is Cl.O=C(NCC1CCCN1)c1ccc(Sc2ccccc2Cl)nn1. The number of benzene rings is 1. The molecule has 5 nitrogen and oxygen atoms in total. The van der Waals surface area contributed by atoms with E-state index in [2.05, 4.69) is 20.8 Å². The molecule has 0 saturated carbocycles. The van der Waals surface area contributed by atoms with Gasteiger partial charge >= 0.3 is 0 Å². The van der Waals surface area contributed by atoms with Crippen molar-refractivity contribution in [1.82, 2.24) is 20.8 Å². The van der Waals surface area contributed by atoms with Crippen molar-refractivity contribution in [3.8, 4) is 0 Å². The number of aromatic nitrogens is 2. The van der Waals surface area contributed by atoms with E-state index in [1.165, 1.54) is 11.8 Å². The summed E-state index contributed by atoms with van der Waals surface area (Å²) in [6.07, 6.45) is 2.26. The summed E-state index contributed by atoms with van der Waals surface area (Å²) in [6, 6.07) is 11.4. The van der Waals surface area contributed by atoms with Gasteiger partial charge in [-0.2, -0.15) is 0 Å². The molecule has 24 heavy (non-hydrogen) atoms. The monoisotopic (exact) mass is 384 g/mol. The predicted molar refractivity (Wildman–Crippen MR) is 98.2 cm³/mol. The van der Waals surface area contributed by atoms with Crippen molar-refractivity contribution in [1.29, 1.82) is 0 Å². The average molecular weight is 385 g/mol. The van der Waals surface area contributed by atoms with E-state index < -0.39 is 0 Å². The molecule has 2 heterocycles. The lowest BCUT2D eigenvalue weighted by atomic mass is 10.2. The van der Waals surface area contributed by atoms with Gasteiger partial charge in [0.15, 0.2) is 5.69 Å². The van der Waals surface area contributed by atoms with Crippen molar-refractivity contribution in [2.24, 2.45) is 0 Å². The zero-order valence-electron chi connectivity index (χ0n) is 12.9. The first-order valence-electron chi connectivity index (χ1n) is 7.50. The summed E-state index contributed by atoms with van der Waals surface area (Å²) in [5, 5.41) is 15.7. The lowest BCUT2D eigenvalue weighted by Crippen LogP contribution is -2.37. The maximum Gasteiger partial charge on any atom is 0.271 e. The maximum atomic E-state index is 12.1. The molecule has 0 radical (unpaired) electrons. The highest BCUT2D eigenvalue weighted by Crippen LogP contribution is 2.31. The van der Waals surface area contributed by atoms with Gasteiger partial charge in [-0.05, 0) is 43.7 Å². The van der Waals surface area contributed by atoms with Crippen LogP contribution in [0.1, 0.15) is 23.3 Å². The van der Waals surface area contributed by atoms with Crippen LogP contribution in [0, 0.1) is 0 Å². The third-order valence-corrected chi connectivity index (χ3v) is 5.04. The highest BCUT2D eigenvalue weighted by Gasteiger charge is 2.16. The largest absolute Gasteiger partial charge is 0.349 e. The number of halogens is 2. The zero-order chi connectivity index (χ0) is 16.1. The molecule has 1 atom stereocenters. The van der Waals surface area contributed by atoms with Crippen LogP contribution in [0.15, 0.2) is 46.3 Å². The lowest BCUT2D eigenvalue weighted by Gasteiger charge is -2.10. The predicted octanol–water partition coefficient (Wildman–Crippen LogP) is 3.18. The van der Waals surface area contributed by atoms with E-state index in [1.807, 2.05) is 24.3 Å². The summed E-state index contributed by atoms with van der Waals surface area (Å²) in [5.74, 6) is -0.194. The third-order valence-electron chi connectivity index (χ3n) is 3.60. The molecule has 0 bridgehead atoms. The fourth-order valence-corrected chi connectivity index (χ4v) is 3.38. The van der Waals surface area contributed by atoms with E-state index in [0.29, 0.717) is 28.3 Å². The Balaban J connectivity index is 0.00000208. The molecule has 1 aliphatic rings. The molecule has 1 aliphatic heterocycles. The molecule has 3 rings (SSSR count). The van der Waals surface area contributed by atoms with E-state index in [0.717, 1.165) is 24.3 Å². The number of hydrogen-bond acceptors (Lipinski definition) is 5. The van der Waals surface area contributed by atoms with Gasteiger partial charge in [0.25, 0.3) is 5.91 Å². The molecule has 0 spiro atoms. The van der Waals surface area contributed by atoms with Crippen molar-refractivity contribution in [2.75, 3.05) is 13.1 Å². The van der Waals surface area contributed by atoms with E-state index in [-0.39, 0.29) is 18.3 Å². The van der Waals surface area contributed by atoms with Crippen molar-refractivity contribution in [3.05, 3.63) is 47.1 Å². The van der Waals surface area contributed by atoms with Crippen LogP contribution in [-0.4, -0.2) is 35.2 Å². The van der Waals surface area contributed by atoms with Gasteiger partial charge in [0.2, 0.25) is 0 Å². The Morgan fingerprint density at radius 3 is 2.79 bits per heavy atom. The summed E-state index contributed by atoms with van der Waals surface area (Å²) >= 11 is 7.54. The van der Waals surface area contributed by atoms with Crippen molar-refractivity contribution < 1.29 is 4.79 Å². The van der Waals surface area contributed by atoms with Gasteiger partial charge in [-0.15, -0.1) is 22.6 Å². The number of rotatable bonds is 5. The lowest BCUT2D eigenvalue weighted by molar-refractivity contribution is 0.0944. The van der Waals surface area contributed by atoms with Gasteiger partial charge in [-0.3, -0.25) is 4.79 Å². The fraction of sp³-hybridized carbons (Fsp3) is 0.312. The molecule has 2 aromatic rings. The summed E-state index contributed by atoms with van der Waals surface area (Å²) in [5.41, 5.74) is 0.325. The normalized spacial score (nSPS) is 16.5. The van der Waals surface area contributed by atoms with Crippen LogP contribution in [0.3, 0.4) is 0 Å². The van der Waals surface area contributed by atoms with E-state index in [1.54, 1.807) is 12.1 Å². The first kappa shape index (κ1) is 19.0. The van der Waals surface area contributed by atoms with Crippen LogP contribution >= 0.6 is 35.8 Å². The van der Waals surface area contributed by atoms with E-state index >= 15 is 0 Å². The topological polar surface area (TPSA) is 66.9 Å². The molecule has 1 aromatic heterocycles. The van der Waals surface area contributed by atoms with Crippen LogP contribution < -0.4 is 10.6 Å². The van der Waals surface area contributed by atoms with E-state index in [4.69, 9.17) is 11.6 Å². The summed E-state index contributed by atoms with van der Waals surface area (Å²) in [6.45, 7) is 1.64. The number of amides is 1. The number of hydrogen-bond donors (Lipinski definition) is 2. The van der Waals surface area contributed by atoms with Crippen LogP contribution in [0.4, 0.5) is 0 Å². The Morgan fingerprint density at radius 2 is 2.12 bits per heavy atom. The number of carbonyl (C=O) groups is 1. The first-order chi connectivity index (χ1) is 11.2. The van der Waals surface area contributed by atoms with Gasteiger partial charge in [0, 0.05) is 17.5 Å². The molecule has 2 N–H and O–H groups in total. The minimum atomic E-state index is -0.194. The van der Waals surface area contributed by atoms with Gasteiger partial charge in [-0.1, -0.05) is 35.5 Å². The molecule has 0 aliphatic carbocycles. The van der Waals surface area contributed by atoms with Gasteiger partial charge < -0.3 is 10.6 Å². The minimum Gasteiger partial charge on any atom is -0.349 e. The second-order valence-electron chi connectivity index (χ2n) is 5.29. The summed E-state index contributed by atoms with van der Waals surface area (Å²) in [4.78, 5) is 13.0. The van der Waals surface area contributed by atoms with Crippen LogP contribution in [-0.2, 0) is 0 Å². The average Bonchev–Trinajstić information content (AvgIpc) is 3.09. The number of nitrogens with one attached hydrogen (secondary N) is 2. The van der Waals surface area contributed by atoms with Crippen molar-refractivity contribution >= 4 is 41.7 Å². The molecule has 128 valence electrons. The quantitative estimate of drug-likeness (QED) is 0.828. The highest BCUT2D eigenvalue weighted by atomic mass is 35.5. The number of nitrogens with zero attached hydrogens (tertiary/aromatic N) is 2. The summed E-state index contributed by atoms with van der Waals surface area (Å²) in [7, 11) is 0. The van der Waals surface area contributed by atoms with Crippen LogP contribution in [0.5, 0.6) is 0 Å². The molecule has 1 fully saturated rings. The molecule has 1 aromatic carbocycles. The van der Waals surface area contributed by atoms with Crippen LogP contribution in [0.2, 0.25) is 5.02 Å². The Kier molecular flexibility index (Phi) is 7.30. The molecule has 8 heteroatoms. The molecule has 1 amide bonds. The second kappa shape index (κ2) is 9.22. The van der Waals surface area contributed by atoms with Crippen LogP contribution in [0.25, 0.3) is 0 Å². The zero-order valence-corrected chi connectivity index (χ0v) is 15.3.